The van der Waals surface area contributed by atoms with Crippen LogP contribution in [0.2, 0.25) is 0 Å². The van der Waals surface area contributed by atoms with Gasteiger partial charge in [0.05, 0.1) is 0 Å². The van der Waals surface area contributed by atoms with Crippen LogP contribution in [-0.2, 0) is 4.74 Å². The molecule has 1 N–H and O–H groups in total. The zero-order valence-electron chi connectivity index (χ0n) is 9.75. The molecule has 0 spiro atoms. The van der Waals surface area contributed by atoms with E-state index in [-0.39, 0.29) is 11.7 Å². The number of fused-ring (bicyclic) bond motifs is 1. The van der Waals surface area contributed by atoms with E-state index < -0.39 is 0 Å². The number of hydrogen-bond donors (Lipinski definition) is 1. The van der Waals surface area contributed by atoms with Gasteiger partial charge in [0.25, 0.3) is 0 Å². The summed E-state index contributed by atoms with van der Waals surface area (Å²) in [7, 11) is 0. The van der Waals surface area contributed by atoms with E-state index in [4.69, 9.17) is 4.74 Å². The van der Waals surface area contributed by atoms with E-state index >= 15 is 0 Å². The van der Waals surface area contributed by atoms with Crippen LogP contribution in [0.15, 0.2) is 0 Å². The number of piperidine rings is 1. The average Bonchev–Trinajstić information content (AvgIpc) is 2.03. The summed E-state index contributed by atoms with van der Waals surface area (Å²) >= 11 is 0. The summed E-state index contributed by atoms with van der Waals surface area (Å²) in [6, 6.07) is 0.418. The molecule has 0 aromatic heterocycles. The van der Waals surface area contributed by atoms with Gasteiger partial charge in [-0.25, -0.2) is 4.79 Å². The van der Waals surface area contributed by atoms with Crippen molar-refractivity contribution >= 4 is 6.09 Å². The number of likely N-dealkylation sites (tertiary alicyclic amines) is 1. The number of nitrogens with one attached hydrogen (secondary N) is 1. The zero-order valence-corrected chi connectivity index (χ0v) is 9.75. The molecule has 0 radical (unpaired) electrons. The standard InChI is InChI=1S/C11H20N2O2/c1-11(2,3)15-10(14)13-7-8-6-12-5-4-9(8)13/h8-9,12H,4-7H2,1-3H3/t8-,9+/m1/s1. The third-order valence-electron chi connectivity index (χ3n) is 3.03. The third-order valence-corrected chi connectivity index (χ3v) is 3.03. The second kappa shape index (κ2) is 3.67. The highest BCUT2D eigenvalue weighted by atomic mass is 16.6. The van der Waals surface area contributed by atoms with E-state index in [1.165, 1.54) is 0 Å². The van der Waals surface area contributed by atoms with E-state index in [1.807, 2.05) is 25.7 Å². The molecule has 0 unspecified atom stereocenters. The highest BCUT2D eigenvalue weighted by Crippen LogP contribution is 2.30. The molecular formula is C11H20N2O2. The van der Waals surface area contributed by atoms with Crippen molar-refractivity contribution in [3.05, 3.63) is 0 Å². The molecule has 2 atom stereocenters. The number of ether oxygens (including phenoxy) is 1. The summed E-state index contributed by atoms with van der Waals surface area (Å²) in [5, 5.41) is 3.35. The third kappa shape index (κ3) is 2.25. The molecule has 1 amide bonds. The molecule has 2 aliphatic heterocycles. The Balaban J connectivity index is 1.88. The van der Waals surface area contributed by atoms with E-state index in [0.29, 0.717) is 12.0 Å². The highest BCUT2D eigenvalue weighted by Gasteiger charge is 2.44. The van der Waals surface area contributed by atoms with Crippen LogP contribution in [0.4, 0.5) is 4.79 Å². The van der Waals surface area contributed by atoms with Gasteiger partial charge in [0.15, 0.2) is 0 Å². The number of hydrogen-bond acceptors (Lipinski definition) is 3. The largest absolute Gasteiger partial charge is 0.444 e. The molecule has 86 valence electrons. The quantitative estimate of drug-likeness (QED) is 0.656. The van der Waals surface area contributed by atoms with Crippen LogP contribution in [0.3, 0.4) is 0 Å². The molecule has 0 saturated carbocycles. The Morgan fingerprint density at radius 1 is 1.47 bits per heavy atom. The van der Waals surface area contributed by atoms with E-state index in [2.05, 4.69) is 5.32 Å². The van der Waals surface area contributed by atoms with Gasteiger partial charge in [-0.1, -0.05) is 0 Å². The Bertz CT molecular complexity index is 260. The van der Waals surface area contributed by atoms with Crippen molar-refractivity contribution in [3.8, 4) is 0 Å². The minimum absolute atomic E-state index is 0.148. The SMILES string of the molecule is CC(C)(C)OC(=O)N1C[C@H]2CNCC[C@@H]21. The predicted molar refractivity (Wildman–Crippen MR) is 57.7 cm³/mol. The molecule has 0 aromatic carbocycles. The fraction of sp³-hybridized carbons (Fsp3) is 0.909. The maximum Gasteiger partial charge on any atom is 0.410 e. The molecule has 2 aliphatic rings. The Kier molecular flexibility index (Phi) is 2.63. The van der Waals surface area contributed by atoms with Gasteiger partial charge < -0.3 is 15.0 Å². The lowest BCUT2D eigenvalue weighted by atomic mass is 9.84. The topological polar surface area (TPSA) is 41.6 Å². The van der Waals surface area contributed by atoms with E-state index in [1.54, 1.807) is 0 Å². The fourth-order valence-corrected chi connectivity index (χ4v) is 2.29. The van der Waals surface area contributed by atoms with Gasteiger partial charge in [0.2, 0.25) is 0 Å². The van der Waals surface area contributed by atoms with E-state index in [0.717, 1.165) is 26.1 Å². The van der Waals surface area contributed by atoms with E-state index in [9.17, 15) is 4.79 Å². The fourth-order valence-electron chi connectivity index (χ4n) is 2.29. The van der Waals surface area contributed by atoms with Crippen LogP contribution >= 0.6 is 0 Å². The number of carbonyl (C=O) groups is 1. The lowest BCUT2D eigenvalue weighted by Gasteiger charge is -2.50. The minimum Gasteiger partial charge on any atom is -0.444 e. The Hall–Kier alpha value is -0.770. The smallest absolute Gasteiger partial charge is 0.410 e. The molecule has 2 fully saturated rings. The molecule has 15 heavy (non-hydrogen) atoms. The first-order valence-corrected chi connectivity index (χ1v) is 5.68. The second-order valence-corrected chi connectivity index (χ2v) is 5.45. The van der Waals surface area contributed by atoms with Crippen molar-refractivity contribution in [2.75, 3.05) is 19.6 Å². The van der Waals surface area contributed by atoms with Gasteiger partial charge in [0.1, 0.15) is 5.60 Å². The van der Waals surface area contributed by atoms with Crippen LogP contribution in [-0.4, -0.2) is 42.3 Å². The molecule has 2 saturated heterocycles. The molecule has 2 heterocycles. The Morgan fingerprint density at radius 2 is 2.20 bits per heavy atom. The van der Waals surface area contributed by atoms with Crippen molar-refractivity contribution in [2.45, 2.75) is 38.8 Å². The molecular weight excluding hydrogens is 192 g/mol. The number of rotatable bonds is 0. The first-order chi connectivity index (χ1) is 6.97. The van der Waals surface area contributed by atoms with Crippen molar-refractivity contribution in [1.29, 1.82) is 0 Å². The summed E-state index contributed by atoms with van der Waals surface area (Å²) in [5.74, 6) is 0.645. The van der Waals surface area contributed by atoms with Crippen molar-refractivity contribution in [1.82, 2.24) is 10.2 Å². The number of amides is 1. The lowest BCUT2D eigenvalue weighted by Crippen LogP contribution is -2.64. The van der Waals surface area contributed by atoms with Crippen LogP contribution in [0.25, 0.3) is 0 Å². The zero-order chi connectivity index (χ0) is 11.1. The summed E-state index contributed by atoms with van der Waals surface area (Å²) in [5.41, 5.74) is -0.380. The summed E-state index contributed by atoms with van der Waals surface area (Å²) in [6.45, 7) is 8.64. The van der Waals surface area contributed by atoms with Crippen LogP contribution in [0, 0.1) is 5.92 Å². The second-order valence-electron chi connectivity index (χ2n) is 5.45. The lowest BCUT2D eigenvalue weighted by molar-refractivity contribution is -0.0385. The van der Waals surface area contributed by atoms with Crippen molar-refractivity contribution < 1.29 is 9.53 Å². The summed E-state index contributed by atoms with van der Waals surface area (Å²) in [6.07, 6.45) is 0.912. The predicted octanol–water partition coefficient (Wildman–Crippen LogP) is 1.22. The van der Waals surface area contributed by atoms with Crippen molar-refractivity contribution in [2.24, 2.45) is 5.92 Å². The van der Waals surface area contributed by atoms with Crippen LogP contribution in [0.1, 0.15) is 27.2 Å². The number of carbonyl (C=O) groups excluding carboxylic acids is 1. The molecule has 4 nitrogen and oxygen atoms in total. The molecule has 0 aromatic rings. The summed E-state index contributed by atoms with van der Waals surface area (Å²) in [4.78, 5) is 13.7. The van der Waals surface area contributed by atoms with Gasteiger partial charge in [-0.15, -0.1) is 0 Å². The van der Waals surface area contributed by atoms with Gasteiger partial charge in [0, 0.05) is 25.0 Å². The van der Waals surface area contributed by atoms with Gasteiger partial charge in [-0.2, -0.15) is 0 Å². The highest BCUT2D eigenvalue weighted by molar-refractivity contribution is 5.69. The maximum absolute atomic E-state index is 11.8. The monoisotopic (exact) mass is 212 g/mol. The first-order valence-electron chi connectivity index (χ1n) is 5.68. The van der Waals surface area contributed by atoms with Crippen LogP contribution in [0.5, 0.6) is 0 Å². The summed E-state index contributed by atoms with van der Waals surface area (Å²) < 4.78 is 5.36. The average molecular weight is 212 g/mol. The molecule has 4 heteroatoms. The molecule has 2 rings (SSSR count). The Morgan fingerprint density at radius 3 is 2.80 bits per heavy atom. The van der Waals surface area contributed by atoms with Crippen molar-refractivity contribution in [3.63, 3.8) is 0 Å². The van der Waals surface area contributed by atoms with Gasteiger partial charge in [-0.3, -0.25) is 0 Å². The van der Waals surface area contributed by atoms with Gasteiger partial charge in [-0.05, 0) is 33.7 Å². The molecule has 0 bridgehead atoms. The number of nitrogens with zero attached hydrogens (tertiary/aromatic N) is 1. The first kappa shape index (κ1) is 10.7. The maximum atomic E-state index is 11.8. The normalized spacial score (nSPS) is 30.5. The van der Waals surface area contributed by atoms with Gasteiger partial charge >= 0.3 is 6.09 Å². The molecule has 0 aliphatic carbocycles. The van der Waals surface area contributed by atoms with Crippen LogP contribution < -0.4 is 5.32 Å². The minimum atomic E-state index is -0.380. The Labute approximate surface area is 91.0 Å².